The number of hydrogen-bond donors (Lipinski definition) is 2. The van der Waals surface area contributed by atoms with Crippen molar-refractivity contribution in [3.8, 4) is 0 Å². The fourth-order valence-electron chi connectivity index (χ4n) is 1.92. The highest BCUT2D eigenvalue weighted by Gasteiger charge is 2.21. The van der Waals surface area contributed by atoms with Gasteiger partial charge >= 0.3 is 5.97 Å². The summed E-state index contributed by atoms with van der Waals surface area (Å²) in [6, 6.07) is 4.75. The maximum atomic E-state index is 11.6. The molecule has 1 amide bonds. The van der Waals surface area contributed by atoms with Crippen LogP contribution in [-0.4, -0.2) is 48.6 Å². The summed E-state index contributed by atoms with van der Waals surface area (Å²) in [4.78, 5) is 26.0. The Balaban J connectivity index is 2.22. The SMILES string of the molecule is CN1CCN(c2ccc(C(=O)O)c(N)c2)CC1=O. The molecule has 1 aliphatic rings. The number of carboxylic acid groups (broad SMARTS) is 1. The smallest absolute Gasteiger partial charge is 0.337 e. The van der Waals surface area contributed by atoms with Crippen molar-refractivity contribution in [3.63, 3.8) is 0 Å². The predicted octanol–water partition coefficient (Wildman–Crippen LogP) is 0.245. The zero-order valence-electron chi connectivity index (χ0n) is 10.1. The van der Waals surface area contributed by atoms with E-state index in [1.807, 2.05) is 4.90 Å². The molecular weight excluding hydrogens is 234 g/mol. The van der Waals surface area contributed by atoms with Crippen molar-refractivity contribution in [2.75, 3.05) is 37.3 Å². The summed E-state index contributed by atoms with van der Waals surface area (Å²) in [7, 11) is 1.77. The summed E-state index contributed by atoms with van der Waals surface area (Å²) in [5.41, 5.74) is 6.76. The number of rotatable bonds is 2. The molecule has 0 unspecified atom stereocenters. The Bertz CT molecular complexity index is 501. The second-order valence-corrected chi connectivity index (χ2v) is 4.31. The summed E-state index contributed by atoms with van der Waals surface area (Å²) in [6.07, 6.45) is 0. The van der Waals surface area contributed by atoms with Gasteiger partial charge < -0.3 is 20.6 Å². The lowest BCUT2D eigenvalue weighted by atomic mass is 10.1. The molecule has 18 heavy (non-hydrogen) atoms. The third-order valence-electron chi connectivity index (χ3n) is 3.09. The van der Waals surface area contributed by atoms with Crippen LogP contribution < -0.4 is 10.6 Å². The van der Waals surface area contributed by atoms with Gasteiger partial charge in [-0.25, -0.2) is 4.79 Å². The van der Waals surface area contributed by atoms with Gasteiger partial charge in [-0.2, -0.15) is 0 Å². The molecule has 1 fully saturated rings. The van der Waals surface area contributed by atoms with Gasteiger partial charge in [-0.1, -0.05) is 0 Å². The number of nitrogen functional groups attached to an aromatic ring is 1. The number of carbonyl (C=O) groups excluding carboxylic acids is 1. The van der Waals surface area contributed by atoms with E-state index in [1.165, 1.54) is 6.07 Å². The topological polar surface area (TPSA) is 86.9 Å². The van der Waals surface area contributed by atoms with Crippen molar-refractivity contribution in [2.45, 2.75) is 0 Å². The molecule has 2 rings (SSSR count). The monoisotopic (exact) mass is 249 g/mol. The van der Waals surface area contributed by atoms with E-state index in [1.54, 1.807) is 24.1 Å². The molecule has 6 heteroatoms. The third-order valence-corrected chi connectivity index (χ3v) is 3.09. The average Bonchev–Trinajstić information content (AvgIpc) is 2.32. The predicted molar refractivity (Wildman–Crippen MR) is 67.7 cm³/mol. The van der Waals surface area contributed by atoms with E-state index in [0.717, 1.165) is 5.69 Å². The van der Waals surface area contributed by atoms with Crippen LogP contribution in [0.3, 0.4) is 0 Å². The van der Waals surface area contributed by atoms with Crippen LogP contribution in [0.15, 0.2) is 18.2 Å². The molecule has 96 valence electrons. The van der Waals surface area contributed by atoms with E-state index in [-0.39, 0.29) is 17.2 Å². The first-order valence-corrected chi connectivity index (χ1v) is 5.61. The highest BCUT2D eigenvalue weighted by molar-refractivity contribution is 5.94. The number of carboxylic acids is 1. The quantitative estimate of drug-likeness (QED) is 0.733. The van der Waals surface area contributed by atoms with Gasteiger partial charge in [0, 0.05) is 31.5 Å². The summed E-state index contributed by atoms with van der Waals surface area (Å²) < 4.78 is 0. The van der Waals surface area contributed by atoms with Crippen LogP contribution in [0.1, 0.15) is 10.4 Å². The molecule has 0 radical (unpaired) electrons. The Morgan fingerprint density at radius 2 is 2.11 bits per heavy atom. The molecule has 1 aliphatic heterocycles. The van der Waals surface area contributed by atoms with Gasteiger partial charge in [0.25, 0.3) is 0 Å². The van der Waals surface area contributed by atoms with Crippen LogP contribution in [0.5, 0.6) is 0 Å². The molecule has 3 N–H and O–H groups in total. The molecule has 0 aromatic heterocycles. The summed E-state index contributed by atoms with van der Waals surface area (Å²) in [5, 5.41) is 8.89. The first-order valence-electron chi connectivity index (χ1n) is 5.61. The molecule has 1 aromatic rings. The summed E-state index contributed by atoms with van der Waals surface area (Å²) in [6.45, 7) is 1.66. The van der Waals surface area contributed by atoms with Crippen LogP contribution in [0.4, 0.5) is 11.4 Å². The summed E-state index contributed by atoms with van der Waals surface area (Å²) in [5.74, 6) is -1.00. The van der Waals surface area contributed by atoms with E-state index in [4.69, 9.17) is 10.8 Å². The minimum atomic E-state index is -1.05. The van der Waals surface area contributed by atoms with Gasteiger partial charge in [-0.15, -0.1) is 0 Å². The Hall–Kier alpha value is -2.24. The van der Waals surface area contributed by atoms with E-state index in [0.29, 0.717) is 19.6 Å². The molecule has 6 nitrogen and oxygen atoms in total. The number of nitrogens with zero attached hydrogens (tertiary/aromatic N) is 2. The molecule has 0 aliphatic carbocycles. The number of nitrogens with two attached hydrogens (primary N) is 1. The molecule has 0 atom stereocenters. The van der Waals surface area contributed by atoms with Gasteiger partial charge in [0.1, 0.15) is 0 Å². The van der Waals surface area contributed by atoms with E-state index < -0.39 is 5.97 Å². The normalized spacial score (nSPS) is 15.9. The fourth-order valence-corrected chi connectivity index (χ4v) is 1.92. The van der Waals surface area contributed by atoms with Gasteiger partial charge in [0.15, 0.2) is 0 Å². The number of aromatic carboxylic acids is 1. The molecule has 1 saturated heterocycles. The number of hydrogen-bond acceptors (Lipinski definition) is 4. The third kappa shape index (κ3) is 2.22. The number of carbonyl (C=O) groups is 2. The second kappa shape index (κ2) is 4.56. The van der Waals surface area contributed by atoms with Gasteiger partial charge in [-0.3, -0.25) is 4.79 Å². The maximum absolute atomic E-state index is 11.6. The average molecular weight is 249 g/mol. The van der Waals surface area contributed by atoms with E-state index >= 15 is 0 Å². The standard InChI is InChI=1S/C12H15N3O3/c1-14-4-5-15(7-11(14)16)8-2-3-9(12(17)18)10(13)6-8/h2-3,6H,4-5,7,13H2,1H3,(H,17,18). The minimum Gasteiger partial charge on any atom is -0.478 e. The molecule has 0 bridgehead atoms. The van der Waals surface area contributed by atoms with Crippen molar-refractivity contribution in [1.29, 1.82) is 0 Å². The highest BCUT2D eigenvalue weighted by atomic mass is 16.4. The highest BCUT2D eigenvalue weighted by Crippen LogP contribution is 2.22. The van der Waals surface area contributed by atoms with Crippen molar-refractivity contribution in [2.24, 2.45) is 0 Å². The zero-order chi connectivity index (χ0) is 13.3. The molecule has 1 aromatic carbocycles. The number of benzene rings is 1. The van der Waals surface area contributed by atoms with Gasteiger partial charge in [0.05, 0.1) is 12.1 Å². The lowest BCUT2D eigenvalue weighted by molar-refractivity contribution is -0.129. The van der Waals surface area contributed by atoms with E-state index in [2.05, 4.69) is 0 Å². The van der Waals surface area contributed by atoms with Crippen molar-refractivity contribution in [1.82, 2.24) is 4.90 Å². The van der Waals surface area contributed by atoms with Crippen molar-refractivity contribution < 1.29 is 14.7 Å². The van der Waals surface area contributed by atoms with Crippen molar-refractivity contribution in [3.05, 3.63) is 23.8 Å². The van der Waals surface area contributed by atoms with Gasteiger partial charge in [-0.05, 0) is 18.2 Å². The lowest BCUT2D eigenvalue weighted by Gasteiger charge is -2.33. The Kier molecular flexibility index (Phi) is 3.10. The first kappa shape index (κ1) is 12.2. The summed E-state index contributed by atoms with van der Waals surface area (Å²) >= 11 is 0. The molecule has 0 spiro atoms. The van der Waals surface area contributed by atoms with Crippen LogP contribution in [-0.2, 0) is 4.79 Å². The van der Waals surface area contributed by atoms with Gasteiger partial charge in [0.2, 0.25) is 5.91 Å². The van der Waals surface area contributed by atoms with E-state index in [9.17, 15) is 9.59 Å². The lowest BCUT2D eigenvalue weighted by Crippen LogP contribution is -2.48. The zero-order valence-corrected chi connectivity index (χ0v) is 10.1. The number of piperazine rings is 1. The van der Waals surface area contributed by atoms with Crippen LogP contribution in [0.25, 0.3) is 0 Å². The van der Waals surface area contributed by atoms with Crippen LogP contribution in [0.2, 0.25) is 0 Å². The number of likely N-dealkylation sites (N-methyl/N-ethyl adjacent to an activating group) is 1. The molecule has 1 heterocycles. The minimum absolute atomic E-state index is 0.0436. The Labute approximate surface area is 105 Å². The second-order valence-electron chi connectivity index (χ2n) is 4.31. The van der Waals surface area contributed by atoms with Crippen LogP contribution in [0, 0.1) is 0 Å². The molecule has 0 saturated carbocycles. The first-order chi connectivity index (χ1) is 8.49. The Morgan fingerprint density at radius 3 is 2.67 bits per heavy atom. The number of anilines is 2. The largest absolute Gasteiger partial charge is 0.478 e. The van der Waals surface area contributed by atoms with Crippen molar-refractivity contribution >= 4 is 23.3 Å². The molecular formula is C12H15N3O3. The fraction of sp³-hybridized carbons (Fsp3) is 0.333. The Morgan fingerprint density at radius 1 is 1.39 bits per heavy atom. The number of amides is 1. The maximum Gasteiger partial charge on any atom is 0.337 e. The van der Waals surface area contributed by atoms with Crippen LogP contribution >= 0.6 is 0 Å².